The van der Waals surface area contributed by atoms with Crippen LogP contribution in [0.1, 0.15) is 15.9 Å². The van der Waals surface area contributed by atoms with Gasteiger partial charge in [0.15, 0.2) is 0 Å². The van der Waals surface area contributed by atoms with Crippen molar-refractivity contribution in [2.75, 3.05) is 13.1 Å². The highest BCUT2D eigenvalue weighted by molar-refractivity contribution is 5.94. The molecule has 0 unspecified atom stereocenters. The van der Waals surface area contributed by atoms with Crippen LogP contribution in [0.5, 0.6) is 0 Å². The number of carbonyl (C=O) groups is 1. The minimum atomic E-state index is -3.08. The van der Waals surface area contributed by atoms with Crippen LogP contribution in [0.3, 0.4) is 0 Å². The lowest BCUT2D eigenvalue weighted by Crippen LogP contribution is -2.41. The van der Waals surface area contributed by atoms with Crippen LogP contribution in [-0.4, -0.2) is 29.9 Å². The van der Waals surface area contributed by atoms with Crippen molar-refractivity contribution in [2.45, 2.75) is 12.8 Å². The number of nitrogens with zero attached hydrogens (tertiary/aromatic N) is 1. The highest BCUT2D eigenvalue weighted by Gasteiger charge is 2.27. The number of nitrogens with two attached hydrogens (primary N) is 1. The Morgan fingerprint density at radius 1 is 1.56 bits per heavy atom. The molecule has 88 valence electrons. The molecule has 16 heavy (non-hydrogen) atoms. The van der Waals surface area contributed by atoms with Gasteiger partial charge in [-0.15, -0.1) is 0 Å². The van der Waals surface area contributed by atoms with Gasteiger partial charge >= 0.3 is 0 Å². The molecule has 0 atom stereocenters. The molecule has 0 aromatic carbocycles. The van der Waals surface area contributed by atoms with Crippen LogP contribution >= 0.6 is 0 Å². The molecule has 3 N–H and O–H groups in total. The maximum Gasteiger partial charge on any atom is 0.277 e. The third kappa shape index (κ3) is 3.54. The third-order valence-electron chi connectivity index (χ3n) is 1.94. The lowest BCUT2D eigenvalue weighted by molar-refractivity contribution is 0.0118. The van der Waals surface area contributed by atoms with Crippen LogP contribution in [0.15, 0.2) is 18.5 Å². The number of rotatable bonds is 4. The molecule has 0 radical (unpaired) electrons. The van der Waals surface area contributed by atoms with Gasteiger partial charge in [-0.2, -0.15) is 0 Å². The number of alkyl halides is 2. The Bertz CT molecular complexity index is 382. The summed E-state index contributed by atoms with van der Waals surface area (Å²) in [4.78, 5) is 15.2. The van der Waals surface area contributed by atoms with Gasteiger partial charge in [0.1, 0.15) is 0 Å². The fourth-order valence-electron chi connectivity index (χ4n) is 1.06. The number of hydrogen-bond acceptors (Lipinski definition) is 3. The molecule has 1 aromatic rings. The number of aryl methyl sites for hydroxylation is 1. The number of amides is 1. The van der Waals surface area contributed by atoms with Gasteiger partial charge in [0.05, 0.1) is 18.7 Å². The number of pyridine rings is 1. The fourth-order valence-corrected chi connectivity index (χ4v) is 1.06. The average molecular weight is 229 g/mol. The van der Waals surface area contributed by atoms with Gasteiger partial charge < -0.3 is 11.1 Å². The van der Waals surface area contributed by atoms with E-state index in [2.05, 4.69) is 10.3 Å². The molecule has 0 fully saturated rings. The third-order valence-corrected chi connectivity index (χ3v) is 1.94. The van der Waals surface area contributed by atoms with Crippen molar-refractivity contribution >= 4 is 5.91 Å². The van der Waals surface area contributed by atoms with Gasteiger partial charge in [0.25, 0.3) is 11.8 Å². The summed E-state index contributed by atoms with van der Waals surface area (Å²) in [5, 5.41) is 2.11. The second-order valence-electron chi connectivity index (χ2n) is 3.49. The first-order valence-electron chi connectivity index (χ1n) is 4.72. The molecule has 0 saturated heterocycles. The van der Waals surface area contributed by atoms with E-state index in [9.17, 15) is 13.6 Å². The summed E-state index contributed by atoms with van der Waals surface area (Å²) in [7, 11) is 0. The molecule has 0 aliphatic heterocycles. The molecule has 0 bridgehead atoms. The summed E-state index contributed by atoms with van der Waals surface area (Å²) in [6, 6.07) is 1.57. The molecule has 1 aromatic heterocycles. The van der Waals surface area contributed by atoms with Crippen LogP contribution in [0.4, 0.5) is 8.78 Å². The van der Waals surface area contributed by atoms with Crippen LogP contribution < -0.4 is 11.1 Å². The largest absolute Gasteiger partial charge is 0.346 e. The van der Waals surface area contributed by atoms with Crippen molar-refractivity contribution in [1.82, 2.24) is 10.3 Å². The van der Waals surface area contributed by atoms with E-state index in [1.165, 1.54) is 6.20 Å². The first-order valence-corrected chi connectivity index (χ1v) is 4.72. The van der Waals surface area contributed by atoms with E-state index in [0.29, 0.717) is 0 Å². The average Bonchev–Trinajstić information content (AvgIpc) is 2.26. The standard InChI is InChI=1S/C10H13F2N3O/c1-7-2-8(4-14-3-7)9(16)15-6-10(11,12)5-13/h2-4H,5-6,13H2,1H3,(H,15,16). The maximum absolute atomic E-state index is 12.8. The zero-order chi connectivity index (χ0) is 12.2. The zero-order valence-corrected chi connectivity index (χ0v) is 8.84. The molecule has 4 nitrogen and oxygen atoms in total. The van der Waals surface area contributed by atoms with Gasteiger partial charge in [0.2, 0.25) is 0 Å². The van der Waals surface area contributed by atoms with Crippen LogP contribution in [-0.2, 0) is 0 Å². The summed E-state index contributed by atoms with van der Waals surface area (Å²) < 4.78 is 25.5. The molecule has 0 spiro atoms. The summed E-state index contributed by atoms with van der Waals surface area (Å²) in [6.45, 7) is 0.202. The molecular formula is C10H13F2N3O. The summed E-state index contributed by atoms with van der Waals surface area (Å²) in [5.41, 5.74) is 5.89. The highest BCUT2D eigenvalue weighted by atomic mass is 19.3. The molecular weight excluding hydrogens is 216 g/mol. The van der Waals surface area contributed by atoms with E-state index in [1.807, 2.05) is 0 Å². The predicted octanol–water partition coefficient (Wildman–Crippen LogP) is 0.714. The topological polar surface area (TPSA) is 68.0 Å². The van der Waals surface area contributed by atoms with Crippen molar-refractivity contribution in [3.63, 3.8) is 0 Å². The first-order chi connectivity index (χ1) is 7.44. The van der Waals surface area contributed by atoms with Crippen molar-refractivity contribution in [2.24, 2.45) is 5.73 Å². The minimum absolute atomic E-state index is 0.257. The SMILES string of the molecule is Cc1cncc(C(=O)NCC(F)(F)CN)c1. The zero-order valence-electron chi connectivity index (χ0n) is 8.84. The molecule has 1 amide bonds. The molecule has 0 aliphatic carbocycles. The Hall–Kier alpha value is -1.56. The number of hydrogen-bond donors (Lipinski definition) is 2. The minimum Gasteiger partial charge on any atom is -0.346 e. The Kier molecular flexibility index (Phi) is 3.89. The number of nitrogens with one attached hydrogen (secondary N) is 1. The van der Waals surface area contributed by atoms with Gasteiger partial charge in [-0.3, -0.25) is 9.78 Å². The Morgan fingerprint density at radius 2 is 2.25 bits per heavy atom. The Morgan fingerprint density at radius 3 is 2.81 bits per heavy atom. The number of aromatic nitrogens is 1. The van der Waals surface area contributed by atoms with E-state index in [1.54, 1.807) is 19.2 Å². The smallest absolute Gasteiger partial charge is 0.277 e. The summed E-state index contributed by atoms with van der Waals surface area (Å²) in [6.07, 6.45) is 2.90. The van der Waals surface area contributed by atoms with Gasteiger partial charge in [-0.05, 0) is 18.6 Å². The number of carbonyl (C=O) groups excluding carboxylic acids is 1. The van der Waals surface area contributed by atoms with E-state index in [-0.39, 0.29) is 5.56 Å². The lowest BCUT2D eigenvalue weighted by Gasteiger charge is -2.14. The van der Waals surface area contributed by atoms with E-state index < -0.39 is 24.9 Å². The highest BCUT2D eigenvalue weighted by Crippen LogP contribution is 2.09. The fraction of sp³-hybridized carbons (Fsp3) is 0.400. The second-order valence-corrected chi connectivity index (χ2v) is 3.49. The molecule has 1 rings (SSSR count). The Labute approximate surface area is 91.9 Å². The monoisotopic (exact) mass is 229 g/mol. The second kappa shape index (κ2) is 4.98. The quantitative estimate of drug-likeness (QED) is 0.799. The van der Waals surface area contributed by atoms with Crippen LogP contribution in [0.2, 0.25) is 0 Å². The summed E-state index contributed by atoms with van der Waals surface area (Å²) >= 11 is 0. The predicted molar refractivity (Wildman–Crippen MR) is 55.3 cm³/mol. The van der Waals surface area contributed by atoms with Crippen LogP contribution in [0, 0.1) is 6.92 Å². The van der Waals surface area contributed by atoms with Crippen LogP contribution in [0.25, 0.3) is 0 Å². The van der Waals surface area contributed by atoms with E-state index in [4.69, 9.17) is 5.73 Å². The van der Waals surface area contributed by atoms with Crippen molar-refractivity contribution in [3.05, 3.63) is 29.6 Å². The Balaban J connectivity index is 2.60. The summed E-state index contributed by atoms with van der Waals surface area (Å²) in [5.74, 6) is -3.66. The number of halogens is 2. The van der Waals surface area contributed by atoms with Gasteiger partial charge in [0, 0.05) is 12.4 Å². The van der Waals surface area contributed by atoms with E-state index >= 15 is 0 Å². The molecule has 6 heteroatoms. The van der Waals surface area contributed by atoms with Gasteiger partial charge in [-0.1, -0.05) is 0 Å². The normalized spacial score (nSPS) is 11.2. The molecule has 0 aliphatic rings. The lowest BCUT2D eigenvalue weighted by atomic mass is 10.2. The van der Waals surface area contributed by atoms with Crippen molar-refractivity contribution < 1.29 is 13.6 Å². The van der Waals surface area contributed by atoms with Gasteiger partial charge in [-0.25, -0.2) is 8.78 Å². The molecule has 0 saturated carbocycles. The molecule has 1 heterocycles. The van der Waals surface area contributed by atoms with Crippen molar-refractivity contribution in [3.8, 4) is 0 Å². The van der Waals surface area contributed by atoms with E-state index in [0.717, 1.165) is 5.56 Å². The maximum atomic E-state index is 12.8. The first kappa shape index (κ1) is 12.5. The van der Waals surface area contributed by atoms with Crippen molar-refractivity contribution in [1.29, 1.82) is 0 Å².